The third-order valence-electron chi connectivity index (χ3n) is 2.92. The van der Waals surface area contributed by atoms with Crippen LogP contribution in [0.5, 0.6) is 0 Å². The number of rotatable bonds is 0. The van der Waals surface area contributed by atoms with Crippen molar-refractivity contribution in [3.63, 3.8) is 0 Å². The van der Waals surface area contributed by atoms with Crippen LogP contribution in [0.15, 0.2) is 19.6 Å². The van der Waals surface area contributed by atoms with Gasteiger partial charge in [0.2, 0.25) is 0 Å². The van der Waals surface area contributed by atoms with Gasteiger partial charge in [0.05, 0.1) is 19.6 Å². The van der Waals surface area contributed by atoms with Crippen LogP contribution in [0.25, 0.3) is 0 Å². The van der Waals surface area contributed by atoms with Gasteiger partial charge >= 0.3 is 0 Å². The zero-order chi connectivity index (χ0) is 18.8. The van der Waals surface area contributed by atoms with E-state index in [2.05, 4.69) is 0 Å². The Hall–Kier alpha value is 3.22. The van der Waals surface area contributed by atoms with Crippen LogP contribution in [0.4, 0.5) is 0 Å². The Morgan fingerprint density at radius 1 is 0.462 bits per heavy atom. The monoisotopic (exact) mass is 614 g/mol. The number of nitrogens with zero attached hydrogens (tertiary/aromatic N) is 2. The summed E-state index contributed by atoms with van der Waals surface area (Å²) in [6.07, 6.45) is 0. The summed E-state index contributed by atoms with van der Waals surface area (Å²) < 4.78 is 3.62. The highest BCUT2D eigenvalue weighted by atomic mass is 35.5. The summed E-state index contributed by atoms with van der Waals surface area (Å²) in [5.41, 5.74) is 0. The molecule has 4 rings (SSSR count). The van der Waals surface area contributed by atoms with Crippen LogP contribution >= 0.6 is 149 Å². The third-order valence-corrected chi connectivity index (χ3v) is 22.1. The van der Waals surface area contributed by atoms with Crippen molar-refractivity contribution in [3.05, 3.63) is 20.6 Å². The molecule has 26 heavy (non-hydrogen) atoms. The number of hydrogen-bond donors (Lipinski definition) is 0. The third kappa shape index (κ3) is 5.34. The second-order valence-electron chi connectivity index (χ2n) is 4.34. The van der Waals surface area contributed by atoms with E-state index in [-0.39, 0.29) is 0 Å². The number of halogens is 4. The van der Waals surface area contributed by atoms with Gasteiger partial charge in [0.15, 0.2) is 0 Å². The van der Waals surface area contributed by atoms with Crippen LogP contribution < -0.4 is 0 Å². The van der Waals surface area contributed by atoms with Crippen LogP contribution in [0.2, 0.25) is 20.6 Å². The van der Waals surface area contributed by atoms with Crippen molar-refractivity contribution >= 4 is 149 Å². The second-order valence-corrected chi connectivity index (χ2v) is 20.7. The minimum absolute atomic E-state index is 0.730. The minimum atomic E-state index is 0.730. The van der Waals surface area contributed by atoms with Crippen molar-refractivity contribution in [2.45, 2.75) is 19.6 Å². The first-order valence-electron chi connectivity index (χ1n) is 6.19. The van der Waals surface area contributed by atoms with Crippen molar-refractivity contribution in [2.24, 2.45) is 14.1 Å². The van der Waals surface area contributed by atoms with Crippen molar-refractivity contribution in [1.29, 1.82) is 0 Å². The van der Waals surface area contributed by atoms with Gasteiger partial charge in [0, 0.05) is 14.1 Å². The molecule has 2 aliphatic rings. The SMILES string of the molecule is Cn1c(Cl)c2c(c1Cl)SSSSS2.Cn1c(Cl)c2c(c1Cl)SSSSS2. The van der Waals surface area contributed by atoms with E-state index in [0.29, 0.717) is 0 Å². The van der Waals surface area contributed by atoms with E-state index in [4.69, 9.17) is 46.4 Å². The number of fused-ring (bicyclic) bond motifs is 2. The molecular formula is C10H6Cl4N2S10. The smallest absolute Gasteiger partial charge is 0.125 e. The lowest BCUT2D eigenvalue weighted by Gasteiger charge is -1.96. The van der Waals surface area contributed by atoms with Gasteiger partial charge in [0.25, 0.3) is 0 Å². The van der Waals surface area contributed by atoms with Crippen LogP contribution in [0.1, 0.15) is 0 Å². The molecule has 4 heterocycles. The Balaban J connectivity index is 0.000000151. The van der Waals surface area contributed by atoms with Crippen molar-refractivity contribution in [2.75, 3.05) is 0 Å². The van der Waals surface area contributed by atoms with Crippen LogP contribution in [0.3, 0.4) is 0 Å². The summed E-state index contributed by atoms with van der Waals surface area (Å²) >= 11 is 24.5. The van der Waals surface area contributed by atoms with Crippen molar-refractivity contribution < 1.29 is 0 Å². The molecule has 0 bridgehead atoms. The molecule has 0 aromatic carbocycles. The van der Waals surface area contributed by atoms with Gasteiger partial charge in [-0.3, -0.25) is 0 Å². The molecule has 0 atom stereocenters. The Morgan fingerprint density at radius 2 is 0.692 bits per heavy atom. The standard InChI is InChI=1S/2C5H3Cl2NS5/c2*1-8-4(6)2-3(5(8)7)10-12-13-11-9-2/h2*1H3. The number of hydrogen-bond acceptors (Lipinski definition) is 10. The maximum absolute atomic E-state index is 6.12. The fourth-order valence-electron chi connectivity index (χ4n) is 1.66. The van der Waals surface area contributed by atoms with E-state index in [1.807, 2.05) is 23.2 Å². The molecule has 0 spiro atoms. The highest BCUT2D eigenvalue weighted by Crippen LogP contribution is 2.63. The van der Waals surface area contributed by atoms with Crippen molar-refractivity contribution in [1.82, 2.24) is 9.13 Å². The zero-order valence-electron chi connectivity index (χ0n) is 12.5. The molecule has 0 saturated heterocycles. The van der Waals surface area contributed by atoms with Gasteiger partial charge in [-0.2, -0.15) is 0 Å². The molecule has 2 aliphatic heterocycles. The average molecular weight is 617 g/mol. The van der Waals surface area contributed by atoms with Gasteiger partial charge in [-0.15, -0.1) is 0 Å². The minimum Gasteiger partial charge on any atom is -0.324 e. The molecule has 2 nitrogen and oxygen atoms in total. The molecule has 0 amide bonds. The quantitative estimate of drug-likeness (QED) is 0.263. The molecular weight excluding hydrogens is 611 g/mol. The van der Waals surface area contributed by atoms with E-state index < -0.39 is 0 Å². The predicted octanol–water partition coefficient (Wildman–Crippen LogP) is 10.8. The van der Waals surface area contributed by atoms with E-state index in [1.54, 1.807) is 102 Å². The molecule has 144 valence electrons. The summed E-state index contributed by atoms with van der Waals surface area (Å²) in [4.78, 5) is 4.34. The van der Waals surface area contributed by atoms with E-state index in [0.717, 1.165) is 40.2 Å². The Kier molecular flexibility index (Phi) is 10.3. The van der Waals surface area contributed by atoms with E-state index in [1.165, 1.54) is 0 Å². The van der Waals surface area contributed by atoms with Gasteiger partial charge < -0.3 is 9.13 Å². The lowest BCUT2D eigenvalue weighted by Crippen LogP contribution is -1.85. The summed E-state index contributed by atoms with van der Waals surface area (Å²) in [7, 11) is 20.8. The molecule has 2 aromatic rings. The van der Waals surface area contributed by atoms with Crippen LogP contribution in [-0.4, -0.2) is 9.13 Å². The highest BCUT2D eigenvalue weighted by molar-refractivity contribution is 9.36. The molecule has 0 unspecified atom stereocenters. The first kappa shape index (κ1) is 23.9. The molecule has 16 heteroatoms. The van der Waals surface area contributed by atoms with Gasteiger partial charge in [-0.25, -0.2) is 0 Å². The van der Waals surface area contributed by atoms with Gasteiger partial charge in [-0.1, -0.05) is 46.4 Å². The summed E-state index contributed by atoms with van der Waals surface area (Å²) in [6.45, 7) is 0. The zero-order valence-corrected chi connectivity index (χ0v) is 23.7. The molecule has 2 aromatic heterocycles. The Morgan fingerprint density at radius 3 is 0.923 bits per heavy atom. The summed E-state index contributed by atoms with van der Waals surface area (Å²) in [6, 6.07) is 0. The highest BCUT2D eigenvalue weighted by Gasteiger charge is 2.23. The molecule has 0 aliphatic carbocycles. The normalized spacial score (nSPS) is 16.8. The molecule has 0 radical (unpaired) electrons. The lowest BCUT2D eigenvalue weighted by molar-refractivity contribution is 0.919. The van der Waals surface area contributed by atoms with Gasteiger partial charge in [0.1, 0.15) is 20.6 Å². The maximum Gasteiger partial charge on any atom is 0.125 e. The largest absolute Gasteiger partial charge is 0.324 e. The first-order valence-corrected chi connectivity index (χ1v) is 20.0. The Bertz CT molecular complexity index is 684. The van der Waals surface area contributed by atoms with Crippen LogP contribution in [-0.2, 0) is 14.1 Å². The predicted molar refractivity (Wildman–Crippen MR) is 140 cm³/mol. The summed E-state index contributed by atoms with van der Waals surface area (Å²) in [5, 5.41) is 2.92. The Labute approximate surface area is 209 Å². The van der Waals surface area contributed by atoms with E-state index >= 15 is 0 Å². The maximum atomic E-state index is 6.12. The second kappa shape index (κ2) is 11.2. The first-order chi connectivity index (χ1) is 12.4. The van der Waals surface area contributed by atoms with Crippen LogP contribution in [0, 0.1) is 0 Å². The number of aromatic nitrogens is 2. The molecule has 0 N–H and O–H groups in total. The topological polar surface area (TPSA) is 9.86 Å². The van der Waals surface area contributed by atoms with E-state index in [9.17, 15) is 0 Å². The average Bonchev–Trinajstić information content (AvgIpc) is 2.95. The summed E-state index contributed by atoms with van der Waals surface area (Å²) in [5.74, 6) is 0. The molecule has 0 fully saturated rings. The van der Waals surface area contributed by atoms with Gasteiger partial charge in [-0.05, 0) is 102 Å². The fraction of sp³-hybridized carbons (Fsp3) is 0.200. The fourth-order valence-corrected chi connectivity index (χ4v) is 21.8. The molecule has 0 saturated carbocycles. The lowest BCUT2D eigenvalue weighted by atomic mass is 10.6. The van der Waals surface area contributed by atoms with Crippen molar-refractivity contribution in [3.8, 4) is 0 Å².